The van der Waals surface area contributed by atoms with Gasteiger partial charge in [-0.1, -0.05) is 24.6 Å². The summed E-state index contributed by atoms with van der Waals surface area (Å²) in [5.41, 5.74) is 9.52. The summed E-state index contributed by atoms with van der Waals surface area (Å²) in [6, 6.07) is 11.2. The van der Waals surface area contributed by atoms with Crippen LogP contribution in [0.2, 0.25) is 0 Å². The topological polar surface area (TPSA) is 42.1 Å². The van der Waals surface area contributed by atoms with E-state index < -0.39 is 0 Å². The summed E-state index contributed by atoms with van der Waals surface area (Å²) in [7, 11) is 0. The van der Waals surface area contributed by atoms with Gasteiger partial charge in [-0.15, -0.1) is 0 Å². The molecule has 1 aliphatic rings. The minimum atomic E-state index is 0.538. The highest BCUT2D eigenvalue weighted by Crippen LogP contribution is 2.23. The van der Waals surface area contributed by atoms with Gasteiger partial charge in [-0.3, -0.25) is 9.88 Å². The van der Waals surface area contributed by atoms with Crippen molar-refractivity contribution in [2.24, 2.45) is 5.73 Å². The van der Waals surface area contributed by atoms with Crippen molar-refractivity contribution in [1.29, 1.82) is 0 Å². The van der Waals surface area contributed by atoms with Gasteiger partial charge >= 0.3 is 0 Å². The second-order valence-electron chi connectivity index (χ2n) is 5.80. The molecule has 20 heavy (non-hydrogen) atoms. The number of hydrogen-bond donors (Lipinski definition) is 1. The molecule has 3 nitrogen and oxygen atoms in total. The predicted octanol–water partition coefficient (Wildman–Crippen LogP) is 2.86. The first-order chi connectivity index (χ1) is 9.78. The number of likely N-dealkylation sites (tertiary alicyclic amines) is 1. The number of nitrogens with zero attached hydrogens (tertiary/aromatic N) is 2. The van der Waals surface area contributed by atoms with E-state index in [1.807, 2.05) is 0 Å². The molecule has 1 aliphatic heterocycles. The molecule has 0 spiro atoms. The van der Waals surface area contributed by atoms with Gasteiger partial charge in [0, 0.05) is 30.2 Å². The average molecular weight is 269 g/mol. The van der Waals surface area contributed by atoms with Crippen LogP contribution in [0.4, 0.5) is 0 Å². The fourth-order valence-electron chi connectivity index (χ4n) is 3.28. The summed E-state index contributed by atoms with van der Waals surface area (Å²) in [4.78, 5) is 7.17. The monoisotopic (exact) mass is 269 g/mol. The highest BCUT2D eigenvalue weighted by atomic mass is 15.2. The highest BCUT2D eigenvalue weighted by Gasteiger charge is 2.21. The van der Waals surface area contributed by atoms with Gasteiger partial charge in [0.1, 0.15) is 0 Å². The second kappa shape index (κ2) is 5.90. The molecule has 3 rings (SSSR count). The third kappa shape index (κ3) is 2.69. The number of pyridine rings is 1. The molecular formula is C17H23N3. The molecule has 106 valence electrons. The van der Waals surface area contributed by atoms with E-state index in [0.717, 1.165) is 30.8 Å². The van der Waals surface area contributed by atoms with Gasteiger partial charge in [-0.2, -0.15) is 0 Å². The predicted molar refractivity (Wildman–Crippen MR) is 83.6 cm³/mol. The van der Waals surface area contributed by atoms with Crippen LogP contribution >= 0.6 is 0 Å². The lowest BCUT2D eigenvalue weighted by Crippen LogP contribution is -2.43. The fraction of sp³-hybridized carbons (Fsp3) is 0.471. The third-order valence-electron chi connectivity index (χ3n) is 4.32. The summed E-state index contributed by atoms with van der Waals surface area (Å²) in [6.07, 6.45) is 3.84. The number of aromatic nitrogens is 1. The van der Waals surface area contributed by atoms with Crippen LogP contribution in [-0.4, -0.2) is 29.0 Å². The number of nitrogens with two attached hydrogens (primary N) is 1. The third-order valence-corrected chi connectivity index (χ3v) is 4.32. The maximum atomic E-state index is 5.94. The van der Waals surface area contributed by atoms with Crippen LogP contribution in [0.1, 0.15) is 30.5 Å². The highest BCUT2D eigenvalue weighted by molar-refractivity contribution is 5.82. The van der Waals surface area contributed by atoms with Crippen molar-refractivity contribution < 1.29 is 0 Å². The lowest BCUT2D eigenvalue weighted by atomic mass is 10.00. The average Bonchev–Trinajstić information content (AvgIpc) is 2.47. The zero-order valence-electron chi connectivity index (χ0n) is 12.2. The number of piperidine rings is 1. The Morgan fingerprint density at radius 3 is 3.00 bits per heavy atom. The van der Waals surface area contributed by atoms with Crippen LogP contribution in [0.15, 0.2) is 30.3 Å². The van der Waals surface area contributed by atoms with Crippen LogP contribution in [0.25, 0.3) is 10.9 Å². The van der Waals surface area contributed by atoms with E-state index in [1.165, 1.54) is 30.2 Å². The number of benzene rings is 1. The van der Waals surface area contributed by atoms with Crippen LogP contribution < -0.4 is 5.73 Å². The molecule has 1 fully saturated rings. The van der Waals surface area contributed by atoms with Crippen molar-refractivity contribution in [3.63, 3.8) is 0 Å². The van der Waals surface area contributed by atoms with Crippen molar-refractivity contribution in [2.45, 2.75) is 38.8 Å². The zero-order chi connectivity index (χ0) is 13.9. The van der Waals surface area contributed by atoms with E-state index in [4.69, 9.17) is 5.73 Å². The van der Waals surface area contributed by atoms with Crippen molar-refractivity contribution >= 4 is 10.9 Å². The van der Waals surface area contributed by atoms with Crippen molar-refractivity contribution in [1.82, 2.24) is 9.88 Å². The Balaban J connectivity index is 1.93. The quantitative estimate of drug-likeness (QED) is 0.931. The van der Waals surface area contributed by atoms with Gasteiger partial charge in [0.2, 0.25) is 0 Å². The maximum absolute atomic E-state index is 5.94. The number of fused-ring (bicyclic) bond motifs is 1. The van der Waals surface area contributed by atoms with Crippen LogP contribution in [-0.2, 0) is 6.54 Å². The minimum absolute atomic E-state index is 0.538. The molecule has 0 amide bonds. The van der Waals surface area contributed by atoms with Gasteiger partial charge in [-0.05, 0) is 44.0 Å². The van der Waals surface area contributed by atoms with Crippen molar-refractivity contribution in [3.8, 4) is 0 Å². The number of rotatable bonds is 3. The Morgan fingerprint density at radius 1 is 1.30 bits per heavy atom. The molecule has 1 aromatic heterocycles. The van der Waals surface area contributed by atoms with E-state index in [-0.39, 0.29) is 0 Å². The Hall–Kier alpha value is -1.45. The first kappa shape index (κ1) is 13.5. The molecule has 2 heterocycles. The van der Waals surface area contributed by atoms with Gasteiger partial charge in [-0.25, -0.2) is 0 Å². The number of hydrogen-bond acceptors (Lipinski definition) is 3. The first-order valence-corrected chi connectivity index (χ1v) is 7.57. The summed E-state index contributed by atoms with van der Waals surface area (Å²) in [5.74, 6) is 0. The number of aryl methyl sites for hydroxylation is 1. The van der Waals surface area contributed by atoms with E-state index in [2.05, 4.69) is 47.1 Å². The molecule has 3 heteroatoms. The van der Waals surface area contributed by atoms with Gasteiger partial charge in [0.05, 0.1) is 5.52 Å². The molecule has 1 atom stereocenters. The first-order valence-electron chi connectivity index (χ1n) is 7.57. The van der Waals surface area contributed by atoms with Crippen LogP contribution in [0, 0.1) is 6.92 Å². The van der Waals surface area contributed by atoms with Gasteiger partial charge in [0.15, 0.2) is 0 Å². The second-order valence-corrected chi connectivity index (χ2v) is 5.80. The van der Waals surface area contributed by atoms with E-state index in [1.54, 1.807) is 0 Å². The lowest BCUT2D eigenvalue weighted by Gasteiger charge is -2.35. The smallest absolute Gasteiger partial charge is 0.0708 e. The molecule has 2 N–H and O–H groups in total. The zero-order valence-corrected chi connectivity index (χ0v) is 12.2. The minimum Gasteiger partial charge on any atom is -0.329 e. The van der Waals surface area contributed by atoms with E-state index >= 15 is 0 Å². The molecular weight excluding hydrogens is 246 g/mol. The molecule has 1 saturated heterocycles. The molecule has 1 aromatic carbocycles. The summed E-state index contributed by atoms with van der Waals surface area (Å²) < 4.78 is 0. The Bertz CT molecular complexity index is 594. The summed E-state index contributed by atoms with van der Waals surface area (Å²) in [5, 5.41) is 1.28. The maximum Gasteiger partial charge on any atom is 0.0708 e. The summed E-state index contributed by atoms with van der Waals surface area (Å²) in [6.45, 7) is 5.00. The Kier molecular flexibility index (Phi) is 3.99. The molecule has 0 bridgehead atoms. The molecule has 2 aromatic rings. The van der Waals surface area contributed by atoms with Gasteiger partial charge in [0.25, 0.3) is 0 Å². The SMILES string of the molecule is Cc1cc(CN2CCCCC2CN)c2ccccc2n1. The molecule has 0 saturated carbocycles. The summed E-state index contributed by atoms with van der Waals surface area (Å²) >= 11 is 0. The molecule has 1 unspecified atom stereocenters. The standard InChI is InChI=1S/C17H23N3/c1-13-10-14(16-7-2-3-8-17(16)19-13)12-20-9-5-4-6-15(20)11-18/h2-3,7-8,10,15H,4-6,9,11-12,18H2,1H3. The fourth-order valence-corrected chi connectivity index (χ4v) is 3.28. The van der Waals surface area contributed by atoms with Crippen molar-refractivity contribution in [2.75, 3.05) is 13.1 Å². The Morgan fingerprint density at radius 2 is 2.15 bits per heavy atom. The van der Waals surface area contributed by atoms with Crippen molar-refractivity contribution in [3.05, 3.63) is 41.6 Å². The normalized spacial score (nSPS) is 20.4. The largest absolute Gasteiger partial charge is 0.329 e. The van der Waals surface area contributed by atoms with Gasteiger partial charge < -0.3 is 5.73 Å². The van der Waals surface area contributed by atoms with E-state index in [9.17, 15) is 0 Å². The lowest BCUT2D eigenvalue weighted by molar-refractivity contribution is 0.145. The van der Waals surface area contributed by atoms with E-state index in [0.29, 0.717) is 6.04 Å². The Labute approximate surface area is 120 Å². The number of para-hydroxylation sites is 1. The van der Waals surface area contributed by atoms with Crippen LogP contribution in [0.3, 0.4) is 0 Å². The molecule has 0 radical (unpaired) electrons. The molecule has 0 aliphatic carbocycles. The van der Waals surface area contributed by atoms with Crippen LogP contribution in [0.5, 0.6) is 0 Å².